The monoisotopic (exact) mass is 529 g/mol. The summed E-state index contributed by atoms with van der Waals surface area (Å²) in [5.74, 6) is -1.41. The van der Waals surface area contributed by atoms with Crippen LogP contribution in [0.4, 0.5) is 26.3 Å². The van der Waals surface area contributed by atoms with Crippen molar-refractivity contribution < 1.29 is 36.2 Å². The lowest BCUT2D eigenvalue weighted by Crippen LogP contribution is -2.41. The molecule has 0 amide bonds. The zero-order chi connectivity index (χ0) is 27.2. The molecule has 0 radical (unpaired) electrons. The van der Waals surface area contributed by atoms with Gasteiger partial charge in [-0.2, -0.15) is 26.3 Å². The Hall–Kier alpha value is -2.62. The van der Waals surface area contributed by atoms with Crippen LogP contribution in [0.3, 0.4) is 0 Å². The summed E-state index contributed by atoms with van der Waals surface area (Å²) in [5.41, 5.74) is -0.574. The minimum absolute atomic E-state index is 0.159. The van der Waals surface area contributed by atoms with Gasteiger partial charge in [0, 0.05) is 24.2 Å². The zero-order valence-electron chi connectivity index (χ0n) is 20.6. The van der Waals surface area contributed by atoms with Crippen LogP contribution in [-0.4, -0.2) is 22.4 Å². The first kappa shape index (κ1) is 28.9. The van der Waals surface area contributed by atoms with E-state index in [2.05, 4.69) is 16.8 Å². The van der Waals surface area contributed by atoms with E-state index in [4.69, 9.17) is 0 Å². The maximum Gasteiger partial charge on any atom is 0.433 e. The van der Waals surface area contributed by atoms with Crippen molar-refractivity contribution in [3.05, 3.63) is 65.0 Å². The molecule has 1 aromatic carbocycles. The van der Waals surface area contributed by atoms with Crippen LogP contribution in [0.1, 0.15) is 92.8 Å². The van der Waals surface area contributed by atoms with Gasteiger partial charge in [-0.25, -0.2) is 0 Å². The van der Waals surface area contributed by atoms with E-state index in [0.717, 1.165) is 43.9 Å². The predicted molar refractivity (Wildman–Crippen MR) is 124 cm³/mol. The number of carbonyl (C=O) groups excluding carboxylic acids is 1. The molecule has 1 fully saturated rings. The number of aliphatic carboxylic acids is 1. The topological polar surface area (TPSA) is 56.3 Å². The molecule has 1 saturated heterocycles. The number of unbranched alkanes of at least 4 members (excludes halogenated alkanes) is 3. The lowest BCUT2D eigenvalue weighted by Gasteiger charge is -2.44. The van der Waals surface area contributed by atoms with Crippen molar-refractivity contribution in [2.24, 2.45) is 5.92 Å². The van der Waals surface area contributed by atoms with Crippen LogP contribution in [0.2, 0.25) is 0 Å². The number of carboxylic acids is 1. The normalized spacial score (nSPS) is 20.1. The van der Waals surface area contributed by atoms with E-state index in [9.17, 15) is 36.2 Å². The third-order valence-electron chi connectivity index (χ3n) is 7.02. The Morgan fingerprint density at radius 1 is 1.03 bits per heavy atom. The largest absolute Gasteiger partial charge is 0.550 e. The van der Waals surface area contributed by atoms with E-state index >= 15 is 0 Å². The fraction of sp³-hybridized carbons (Fsp3) is 0.556. The van der Waals surface area contributed by atoms with Crippen molar-refractivity contribution in [1.29, 1.82) is 0 Å². The predicted octanol–water partition coefficient (Wildman–Crippen LogP) is 6.72. The number of aromatic nitrogens is 1. The maximum atomic E-state index is 13.1. The molecule has 2 heterocycles. The van der Waals surface area contributed by atoms with Gasteiger partial charge in [-0.3, -0.25) is 9.88 Å². The Morgan fingerprint density at radius 3 is 2.27 bits per heavy atom. The highest BCUT2D eigenvalue weighted by Gasteiger charge is 2.37. The summed E-state index contributed by atoms with van der Waals surface area (Å²) in [6, 6.07) is 6.46. The quantitative estimate of drug-likeness (QED) is 0.253. The fourth-order valence-corrected chi connectivity index (χ4v) is 5.13. The van der Waals surface area contributed by atoms with E-state index in [1.54, 1.807) is 0 Å². The third kappa shape index (κ3) is 7.93. The van der Waals surface area contributed by atoms with Crippen LogP contribution in [0, 0.1) is 5.92 Å². The minimum atomic E-state index is -4.57. The summed E-state index contributed by atoms with van der Waals surface area (Å²) in [6.45, 7) is 2.52. The number of likely N-dealkylation sites (tertiary alicyclic amines) is 1. The number of pyridine rings is 1. The van der Waals surface area contributed by atoms with Gasteiger partial charge >= 0.3 is 12.4 Å². The first-order chi connectivity index (χ1) is 17.4. The Balaban J connectivity index is 1.96. The Labute approximate surface area is 212 Å². The molecule has 1 aromatic heterocycles. The van der Waals surface area contributed by atoms with Gasteiger partial charge in [0.05, 0.1) is 5.56 Å². The number of carboxylic acid groups (broad SMARTS) is 1. The summed E-state index contributed by atoms with van der Waals surface area (Å²) < 4.78 is 78.7. The van der Waals surface area contributed by atoms with E-state index in [0.29, 0.717) is 36.9 Å². The summed E-state index contributed by atoms with van der Waals surface area (Å²) in [7, 11) is 0. The van der Waals surface area contributed by atoms with Crippen LogP contribution >= 0.6 is 0 Å². The van der Waals surface area contributed by atoms with E-state index in [-0.39, 0.29) is 18.4 Å². The van der Waals surface area contributed by atoms with E-state index < -0.39 is 35.6 Å². The standard InChI is InChI=1S/C27H32F6N2O2/c1-2-3-4-5-6-22(20-9-12-24(34-17-20)27(31,32)33)35-14-13-18(16-25(36)37)15-23(35)19-7-10-21(11-8-19)26(28,29)30/h7-12,17-18,22-23H,2-6,13-16H2,1H3,(H,36,37)/p-1/t18-,22-,23+/m1/s1. The number of hydrogen-bond acceptors (Lipinski definition) is 4. The van der Waals surface area contributed by atoms with Gasteiger partial charge in [0.1, 0.15) is 5.69 Å². The SMILES string of the molecule is CCCCCC[C@H](c1ccc(C(F)(F)F)nc1)N1CC[C@@H](CC(=O)[O-])C[C@H]1c1ccc(C(F)(F)F)cc1. The van der Waals surface area contributed by atoms with Gasteiger partial charge in [0.15, 0.2) is 0 Å². The van der Waals surface area contributed by atoms with Crippen LogP contribution in [0.15, 0.2) is 42.6 Å². The van der Waals surface area contributed by atoms with Crippen LogP contribution in [-0.2, 0) is 17.1 Å². The van der Waals surface area contributed by atoms with Gasteiger partial charge in [-0.15, -0.1) is 0 Å². The summed E-state index contributed by atoms with van der Waals surface area (Å²) in [4.78, 5) is 17.0. The van der Waals surface area contributed by atoms with Crippen molar-refractivity contribution in [1.82, 2.24) is 9.88 Å². The van der Waals surface area contributed by atoms with Crippen LogP contribution < -0.4 is 5.11 Å². The molecule has 0 aliphatic carbocycles. The number of carbonyl (C=O) groups is 1. The fourth-order valence-electron chi connectivity index (χ4n) is 5.13. The molecule has 3 rings (SSSR count). The van der Waals surface area contributed by atoms with Crippen molar-refractivity contribution in [3.8, 4) is 0 Å². The molecule has 1 aliphatic heterocycles. The number of benzene rings is 1. The zero-order valence-corrected chi connectivity index (χ0v) is 20.6. The lowest BCUT2D eigenvalue weighted by molar-refractivity contribution is -0.307. The Bertz CT molecular complexity index is 1010. The molecule has 3 atom stereocenters. The molecule has 10 heteroatoms. The molecule has 204 valence electrons. The molecule has 2 aromatic rings. The second-order valence-electron chi connectivity index (χ2n) is 9.68. The van der Waals surface area contributed by atoms with Gasteiger partial charge < -0.3 is 9.90 Å². The van der Waals surface area contributed by atoms with E-state index in [1.165, 1.54) is 24.4 Å². The van der Waals surface area contributed by atoms with Crippen molar-refractivity contribution in [3.63, 3.8) is 0 Å². The molecular formula is C27H31F6N2O2-. The highest BCUT2D eigenvalue weighted by molar-refractivity contribution is 5.64. The first-order valence-electron chi connectivity index (χ1n) is 12.6. The van der Waals surface area contributed by atoms with Gasteiger partial charge in [0.2, 0.25) is 0 Å². The Kier molecular flexibility index (Phi) is 9.61. The number of nitrogens with zero attached hydrogens (tertiary/aromatic N) is 2. The van der Waals surface area contributed by atoms with Gasteiger partial charge in [0.25, 0.3) is 0 Å². The molecular weight excluding hydrogens is 498 g/mol. The highest BCUT2D eigenvalue weighted by Crippen LogP contribution is 2.43. The maximum absolute atomic E-state index is 13.1. The molecule has 1 aliphatic rings. The second kappa shape index (κ2) is 12.3. The third-order valence-corrected chi connectivity index (χ3v) is 7.02. The molecule has 37 heavy (non-hydrogen) atoms. The van der Waals surface area contributed by atoms with Crippen molar-refractivity contribution >= 4 is 5.97 Å². The van der Waals surface area contributed by atoms with Gasteiger partial charge in [-0.1, -0.05) is 50.8 Å². The first-order valence-corrected chi connectivity index (χ1v) is 12.6. The number of alkyl halides is 6. The average Bonchev–Trinajstić information content (AvgIpc) is 2.83. The number of piperidine rings is 1. The number of halogens is 6. The lowest BCUT2D eigenvalue weighted by atomic mass is 9.83. The number of rotatable bonds is 10. The molecule has 0 spiro atoms. The van der Waals surface area contributed by atoms with Gasteiger partial charge in [-0.05, 0) is 67.5 Å². The number of hydrogen-bond donors (Lipinski definition) is 0. The smallest absolute Gasteiger partial charge is 0.433 e. The van der Waals surface area contributed by atoms with E-state index in [1.807, 2.05) is 0 Å². The molecule has 4 nitrogen and oxygen atoms in total. The average molecular weight is 530 g/mol. The molecule has 0 unspecified atom stereocenters. The highest BCUT2D eigenvalue weighted by atomic mass is 19.4. The molecule has 0 N–H and O–H groups in total. The Morgan fingerprint density at radius 2 is 1.73 bits per heavy atom. The molecule has 0 saturated carbocycles. The summed E-state index contributed by atoms with van der Waals surface area (Å²) >= 11 is 0. The van der Waals surface area contributed by atoms with Crippen molar-refractivity contribution in [2.75, 3.05) is 6.54 Å². The molecule has 0 bridgehead atoms. The van der Waals surface area contributed by atoms with Crippen molar-refractivity contribution in [2.45, 2.75) is 82.7 Å². The minimum Gasteiger partial charge on any atom is -0.550 e. The van der Waals surface area contributed by atoms with Crippen LogP contribution in [0.5, 0.6) is 0 Å². The van der Waals surface area contributed by atoms with Crippen LogP contribution in [0.25, 0.3) is 0 Å². The second-order valence-corrected chi connectivity index (χ2v) is 9.68. The summed E-state index contributed by atoms with van der Waals surface area (Å²) in [5, 5.41) is 11.3. The summed E-state index contributed by atoms with van der Waals surface area (Å²) in [6.07, 6.45) is -2.66.